The van der Waals surface area contributed by atoms with E-state index in [-0.39, 0.29) is 4.90 Å². The first-order chi connectivity index (χ1) is 14.6. The third-order valence-electron chi connectivity index (χ3n) is 4.71. The van der Waals surface area contributed by atoms with E-state index in [0.29, 0.717) is 23.8 Å². The smallest absolute Gasteiger partial charge is 0.268 e. The number of halogens is 1. The van der Waals surface area contributed by atoms with Crippen molar-refractivity contribution >= 4 is 38.6 Å². The van der Waals surface area contributed by atoms with Gasteiger partial charge in [-0.25, -0.2) is 12.4 Å². The molecule has 0 aliphatic rings. The molecule has 0 atom stereocenters. The van der Waals surface area contributed by atoms with E-state index < -0.39 is 10.0 Å². The zero-order valence-corrected chi connectivity index (χ0v) is 17.7. The number of rotatable bonds is 7. The molecule has 0 aliphatic carbocycles. The van der Waals surface area contributed by atoms with E-state index in [1.165, 1.54) is 3.97 Å². The Morgan fingerprint density at radius 3 is 2.33 bits per heavy atom. The number of aromatic nitrogens is 1. The van der Waals surface area contributed by atoms with Gasteiger partial charge in [-0.1, -0.05) is 60.7 Å². The van der Waals surface area contributed by atoms with Gasteiger partial charge in [0.2, 0.25) is 0 Å². The van der Waals surface area contributed by atoms with E-state index in [1.54, 1.807) is 54.7 Å². The van der Waals surface area contributed by atoms with Gasteiger partial charge in [0.15, 0.2) is 0 Å². The Hall–Kier alpha value is -3.02. The molecule has 0 N–H and O–H groups in total. The molecule has 30 heavy (non-hydrogen) atoms. The number of benzene rings is 3. The van der Waals surface area contributed by atoms with Gasteiger partial charge in [0.1, 0.15) is 12.4 Å². The molecular formula is C24H20ClNO3S. The predicted molar refractivity (Wildman–Crippen MR) is 121 cm³/mol. The SMILES string of the molecule is O=S(=O)(c1ccccc1)n1cc(/C=C/CCl)c2cc(OCc3ccccc3)ccc21. The Bertz CT molecular complexity index is 1280. The molecule has 0 spiro atoms. The Morgan fingerprint density at radius 2 is 1.63 bits per heavy atom. The summed E-state index contributed by atoms with van der Waals surface area (Å²) in [4.78, 5) is 0.235. The fourth-order valence-corrected chi connectivity index (χ4v) is 4.73. The third-order valence-corrected chi connectivity index (χ3v) is 6.57. The Balaban J connectivity index is 1.76. The highest BCUT2D eigenvalue weighted by molar-refractivity contribution is 7.90. The normalized spacial score (nSPS) is 11.9. The molecule has 1 heterocycles. The Kier molecular flexibility index (Phi) is 5.93. The molecule has 152 valence electrons. The van der Waals surface area contributed by atoms with Crippen LogP contribution in [0.25, 0.3) is 17.0 Å². The number of hydrogen-bond donors (Lipinski definition) is 0. The summed E-state index contributed by atoms with van der Waals surface area (Å²) >= 11 is 5.81. The van der Waals surface area contributed by atoms with E-state index in [0.717, 1.165) is 16.5 Å². The lowest BCUT2D eigenvalue weighted by Gasteiger charge is -2.09. The van der Waals surface area contributed by atoms with Crippen LogP contribution in [0.5, 0.6) is 5.75 Å². The molecular weight excluding hydrogens is 418 g/mol. The first kappa shape index (κ1) is 20.3. The minimum atomic E-state index is -3.73. The summed E-state index contributed by atoms with van der Waals surface area (Å²) in [6.45, 7) is 0.433. The molecule has 6 heteroatoms. The van der Waals surface area contributed by atoms with Crippen molar-refractivity contribution in [2.75, 3.05) is 5.88 Å². The number of nitrogens with zero attached hydrogens (tertiary/aromatic N) is 1. The Labute approximate surface area is 181 Å². The molecule has 0 radical (unpaired) electrons. The lowest BCUT2D eigenvalue weighted by molar-refractivity contribution is 0.306. The molecule has 4 rings (SSSR count). The highest BCUT2D eigenvalue weighted by Crippen LogP contribution is 2.30. The molecule has 4 aromatic rings. The predicted octanol–water partition coefficient (Wildman–Crippen LogP) is 5.71. The fraction of sp³-hybridized carbons (Fsp3) is 0.0833. The van der Waals surface area contributed by atoms with E-state index in [2.05, 4.69) is 0 Å². The zero-order valence-electron chi connectivity index (χ0n) is 16.1. The second-order valence-corrected chi connectivity index (χ2v) is 8.83. The van der Waals surface area contributed by atoms with Gasteiger partial charge in [-0.15, -0.1) is 11.6 Å². The van der Waals surface area contributed by atoms with Crippen LogP contribution in [0.2, 0.25) is 0 Å². The molecule has 0 amide bonds. The van der Waals surface area contributed by atoms with E-state index in [9.17, 15) is 8.42 Å². The van der Waals surface area contributed by atoms with E-state index >= 15 is 0 Å². The molecule has 0 saturated heterocycles. The second-order valence-electron chi connectivity index (χ2n) is 6.71. The van der Waals surface area contributed by atoms with Gasteiger partial charge in [-0.05, 0) is 35.9 Å². The molecule has 3 aromatic carbocycles. The topological polar surface area (TPSA) is 48.3 Å². The highest BCUT2D eigenvalue weighted by atomic mass is 35.5. The molecule has 0 saturated carbocycles. The van der Waals surface area contributed by atoms with Crippen molar-refractivity contribution < 1.29 is 13.2 Å². The van der Waals surface area contributed by atoms with Crippen LogP contribution in [0.1, 0.15) is 11.1 Å². The maximum atomic E-state index is 13.2. The van der Waals surface area contributed by atoms with Crippen molar-refractivity contribution in [2.24, 2.45) is 0 Å². The average molecular weight is 438 g/mol. The van der Waals surface area contributed by atoms with Crippen LogP contribution in [-0.4, -0.2) is 18.3 Å². The number of fused-ring (bicyclic) bond motifs is 1. The van der Waals surface area contributed by atoms with E-state index in [4.69, 9.17) is 16.3 Å². The van der Waals surface area contributed by atoms with Gasteiger partial charge in [0.25, 0.3) is 10.0 Å². The van der Waals surface area contributed by atoms with Crippen LogP contribution in [0.15, 0.2) is 96.0 Å². The Morgan fingerprint density at radius 1 is 0.933 bits per heavy atom. The summed E-state index contributed by atoms with van der Waals surface area (Å²) in [6.07, 6.45) is 5.23. The van der Waals surface area contributed by atoms with Crippen LogP contribution in [-0.2, 0) is 16.6 Å². The lowest BCUT2D eigenvalue weighted by atomic mass is 10.1. The van der Waals surface area contributed by atoms with Crippen molar-refractivity contribution in [3.05, 3.63) is 102 Å². The number of ether oxygens (including phenoxy) is 1. The summed E-state index contributed by atoms with van der Waals surface area (Å²) in [5.74, 6) is 1.00. The van der Waals surface area contributed by atoms with Crippen LogP contribution in [0.4, 0.5) is 0 Å². The molecule has 0 fully saturated rings. The van der Waals surface area contributed by atoms with Gasteiger partial charge in [-0.3, -0.25) is 0 Å². The van der Waals surface area contributed by atoms with Crippen molar-refractivity contribution in [3.63, 3.8) is 0 Å². The van der Waals surface area contributed by atoms with Crippen LogP contribution < -0.4 is 4.74 Å². The largest absolute Gasteiger partial charge is 0.489 e. The van der Waals surface area contributed by atoms with Gasteiger partial charge in [0, 0.05) is 23.0 Å². The second kappa shape index (κ2) is 8.78. The minimum absolute atomic E-state index is 0.235. The molecule has 4 nitrogen and oxygen atoms in total. The monoisotopic (exact) mass is 437 g/mol. The highest BCUT2D eigenvalue weighted by Gasteiger charge is 2.20. The van der Waals surface area contributed by atoms with Gasteiger partial charge < -0.3 is 4.74 Å². The molecule has 0 bridgehead atoms. The summed E-state index contributed by atoms with van der Waals surface area (Å²) in [5.41, 5.74) is 2.40. The summed E-state index contributed by atoms with van der Waals surface area (Å²) in [5, 5.41) is 0.779. The minimum Gasteiger partial charge on any atom is -0.489 e. The van der Waals surface area contributed by atoms with Crippen LogP contribution in [0, 0.1) is 0 Å². The molecule has 0 unspecified atom stereocenters. The quantitative estimate of drug-likeness (QED) is 0.348. The maximum Gasteiger partial charge on any atom is 0.268 e. The van der Waals surface area contributed by atoms with Gasteiger partial charge in [-0.2, -0.15) is 0 Å². The van der Waals surface area contributed by atoms with Crippen LogP contribution in [0.3, 0.4) is 0 Å². The van der Waals surface area contributed by atoms with Crippen molar-refractivity contribution in [3.8, 4) is 5.75 Å². The fourth-order valence-electron chi connectivity index (χ4n) is 3.24. The summed E-state index contributed by atoms with van der Waals surface area (Å²) in [6, 6.07) is 23.7. The third kappa shape index (κ3) is 4.13. The molecule has 0 aliphatic heterocycles. The zero-order chi connectivity index (χ0) is 21.0. The summed E-state index contributed by atoms with van der Waals surface area (Å²) < 4.78 is 33.7. The maximum absolute atomic E-state index is 13.2. The van der Waals surface area contributed by atoms with Crippen LogP contribution >= 0.6 is 11.6 Å². The first-order valence-electron chi connectivity index (χ1n) is 9.44. The van der Waals surface area contributed by atoms with Crippen molar-refractivity contribution in [1.82, 2.24) is 3.97 Å². The van der Waals surface area contributed by atoms with Crippen molar-refractivity contribution in [1.29, 1.82) is 0 Å². The number of allylic oxidation sites excluding steroid dienone is 1. The average Bonchev–Trinajstić information content (AvgIpc) is 3.16. The first-order valence-corrected chi connectivity index (χ1v) is 11.4. The van der Waals surface area contributed by atoms with E-state index in [1.807, 2.05) is 42.5 Å². The standard InChI is InChI=1S/C24H20ClNO3S/c25-15-7-10-20-17-26(30(27,28)22-11-5-2-6-12-22)24-14-13-21(16-23(20)24)29-18-19-8-3-1-4-9-19/h1-14,16-17H,15,18H2/b10-7+. The summed E-state index contributed by atoms with van der Waals surface area (Å²) in [7, 11) is -3.73. The van der Waals surface area contributed by atoms with Gasteiger partial charge in [0.05, 0.1) is 10.4 Å². The van der Waals surface area contributed by atoms with Gasteiger partial charge >= 0.3 is 0 Å². The molecule has 1 aromatic heterocycles. The van der Waals surface area contributed by atoms with Crippen molar-refractivity contribution in [2.45, 2.75) is 11.5 Å². The number of hydrogen-bond acceptors (Lipinski definition) is 3. The number of alkyl halides is 1. The lowest BCUT2D eigenvalue weighted by Crippen LogP contribution is -2.11.